The SMILES string of the molecule is C=C(C)NCc1nnc([C@@H]2CC3(CC3)[C@@H]3CN2C(=O)N3OCc2ccccc2)o1. The number of nitrogens with one attached hydrogen (secondary N) is 1. The Bertz CT molecular complexity index is 923. The van der Waals surface area contributed by atoms with Crippen LogP contribution in [-0.2, 0) is 18.0 Å². The molecular weight excluding hydrogens is 370 g/mol. The average Bonchev–Trinajstić information content (AvgIpc) is 3.21. The first-order chi connectivity index (χ1) is 14.1. The van der Waals surface area contributed by atoms with E-state index in [0.29, 0.717) is 31.5 Å². The monoisotopic (exact) mass is 395 g/mol. The van der Waals surface area contributed by atoms with E-state index in [-0.39, 0.29) is 23.5 Å². The molecule has 3 aliphatic rings. The lowest BCUT2D eigenvalue weighted by molar-refractivity contribution is -0.153. The maximum Gasteiger partial charge on any atom is 0.345 e. The molecular formula is C21H25N5O3. The van der Waals surface area contributed by atoms with Crippen molar-refractivity contribution in [2.75, 3.05) is 6.54 Å². The Balaban J connectivity index is 1.33. The van der Waals surface area contributed by atoms with Crippen molar-refractivity contribution in [3.05, 3.63) is 60.0 Å². The summed E-state index contributed by atoms with van der Waals surface area (Å²) in [4.78, 5) is 21.0. The number of piperidine rings is 1. The fraction of sp³-hybridized carbons (Fsp3) is 0.476. The number of benzene rings is 1. The minimum atomic E-state index is -0.197. The maximum absolute atomic E-state index is 13.1. The first kappa shape index (κ1) is 18.2. The van der Waals surface area contributed by atoms with Gasteiger partial charge >= 0.3 is 6.03 Å². The second kappa shape index (κ2) is 6.88. The topological polar surface area (TPSA) is 83.7 Å². The van der Waals surface area contributed by atoms with Crippen LogP contribution < -0.4 is 5.32 Å². The molecule has 1 aromatic heterocycles. The number of urea groups is 1. The van der Waals surface area contributed by atoms with E-state index in [1.165, 1.54) is 0 Å². The third kappa shape index (κ3) is 3.27. The summed E-state index contributed by atoms with van der Waals surface area (Å²) in [6.07, 6.45) is 3.03. The molecule has 8 heteroatoms. The number of allylic oxidation sites excluding steroid dienone is 1. The molecule has 5 rings (SSSR count). The first-order valence-corrected chi connectivity index (χ1v) is 10.0. The Morgan fingerprint density at radius 1 is 1.34 bits per heavy atom. The fourth-order valence-corrected chi connectivity index (χ4v) is 4.41. The van der Waals surface area contributed by atoms with Crippen molar-refractivity contribution in [1.29, 1.82) is 0 Å². The molecule has 2 amide bonds. The van der Waals surface area contributed by atoms with Crippen LogP contribution in [0.25, 0.3) is 0 Å². The number of rotatable bonds is 7. The fourth-order valence-electron chi connectivity index (χ4n) is 4.41. The van der Waals surface area contributed by atoms with Gasteiger partial charge in [-0.05, 0) is 37.2 Å². The third-order valence-electron chi connectivity index (χ3n) is 6.18. The Kier molecular flexibility index (Phi) is 4.31. The van der Waals surface area contributed by atoms with E-state index < -0.39 is 0 Å². The van der Waals surface area contributed by atoms with Gasteiger partial charge in [0.1, 0.15) is 12.6 Å². The summed E-state index contributed by atoms with van der Waals surface area (Å²) in [5.41, 5.74) is 1.97. The molecule has 0 radical (unpaired) electrons. The highest BCUT2D eigenvalue weighted by Gasteiger charge is 2.64. The third-order valence-corrected chi connectivity index (χ3v) is 6.18. The zero-order valence-corrected chi connectivity index (χ0v) is 16.5. The summed E-state index contributed by atoms with van der Waals surface area (Å²) in [6, 6.07) is 9.70. The van der Waals surface area contributed by atoms with E-state index >= 15 is 0 Å². The Morgan fingerprint density at radius 3 is 2.86 bits per heavy atom. The van der Waals surface area contributed by atoms with Crippen LogP contribution in [0.5, 0.6) is 0 Å². The van der Waals surface area contributed by atoms with Crippen LogP contribution in [0, 0.1) is 5.41 Å². The molecule has 3 heterocycles. The van der Waals surface area contributed by atoms with E-state index in [9.17, 15) is 4.79 Å². The number of hydrogen-bond acceptors (Lipinski definition) is 6. The highest BCUT2D eigenvalue weighted by molar-refractivity contribution is 5.77. The minimum absolute atomic E-state index is 0.0856. The van der Waals surface area contributed by atoms with E-state index in [1.54, 1.807) is 5.06 Å². The summed E-state index contributed by atoms with van der Waals surface area (Å²) >= 11 is 0. The van der Waals surface area contributed by atoms with Crippen molar-refractivity contribution in [3.8, 4) is 0 Å². The lowest BCUT2D eigenvalue weighted by Gasteiger charge is -2.35. The summed E-state index contributed by atoms with van der Waals surface area (Å²) < 4.78 is 5.88. The zero-order valence-electron chi connectivity index (χ0n) is 16.5. The van der Waals surface area contributed by atoms with Crippen molar-refractivity contribution in [1.82, 2.24) is 25.5 Å². The van der Waals surface area contributed by atoms with Crippen molar-refractivity contribution >= 4 is 6.03 Å². The lowest BCUT2D eigenvalue weighted by Crippen LogP contribution is -2.42. The number of amides is 2. The molecule has 2 bridgehead atoms. The second-order valence-corrected chi connectivity index (χ2v) is 8.29. The van der Waals surface area contributed by atoms with Crippen LogP contribution in [0.4, 0.5) is 4.79 Å². The molecule has 2 saturated heterocycles. The Morgan fingerprint density at radius 2 is 2.14 bits per heavy atom. The molecule has 2 atom stereocenters. The van der Waals surface area contributed by atoms with Gasteiger partial charge < -0.3 is 14.6 Å². The molecule has 1 spiro atoms. The number of nitrogens with zero attached hydrogens (tertiary/aromatic N) is 4. The quantitative estimate of drug-likeness (QED) is 0.775. The number of aromatic nitrogens is 2. The van der Waals surface area contributed by atoms with Crippen LogP contribution in [0.1, 0.15) is 49.6 Å². The van der Waals surface area contributed by atoms with Gasteiger partial charge in [0.25, 0.3) is 0 Å². The lowest BCUT2D eigenvalue weighted by atomic mass is 9.85. The van der Waals surface area contributed by atoms with Crippen LogP contribution >= 0.6 is 0 Å². The van der Waals surface area contributed by atoms with E-state index in [2.05, 4.69) is 22.1 Å². The second-order valence-electron chi connectivity index (χ2n) is 8.29. The highest BCUT2D eigenvalue weighted by Crippen LogP contribution is 2.61. The van der Waals surface area contributed by atoms with Crippen LogP contribution in [0.3, 0.4) is 0 Å². The van der Waals surface area contributed by atoms with Crippen molar-refractivity contribution in [2.24, 2.45) is 5.41 Å². The average molecular weight is 395 g/mol. The van der Waals surface area contributed by atoms with Gasteiger partial charge in [0.15, 0.2) is 0 Å². The summed E-state index contributed by atoms with van der Waals surface area (Å²) in [6.45, 7) is 7.14. The zero-order chi connectivity index (χ0) is 20.0. The van der Waals surface area contributed by atoms with Gasteiger partial charge in [-0.2, -0.15) is 5.06 Å². The van der Waals surface area contributed by atoms with Crippen LogP contribution in [0.15, 0.2) is 47.0 Å². The number of carbonyl (C=O) groups excluding carboxylic acids is 1. The predicted octanol–water partition coefficient (Wildman–Crippen LogP) is 3.16. The molecule has 1 aliphatic carbocycles. The molecule has 8 nitrogen and oxygen atoms in total. The molecule has 0 unspecified atom stereocenters. The Hall–Kier alpha value is -2.87. The van der Waals surface area contributed by atoms with Crippen LogP contribution in [-0.4, -0.2) is 38.8 Å². The molecule has 1 saturated carbocycles. The Labute approximate surface area is 169 Å². The molecule has 1 aromatic carbocycles. The van der Waals surface area contributed by atoms with E-state index in [0.717, 1.165) is 30.5 Å². The van der Waals surface area contributed by atoms with Gasteiger partial charge in [-0.3, -0.25) is 4.84 Å². The van der Waals surface area contributed by atoms with Gasteiger partial charge in [-0.1, -0.05) is 36.9 Å². The van der Waals surface area contributed by atoms with Gasteiger partial charge in [-0.15, -0.1) is 10.2 Å². The van der Waals surface area contributed by atoms with Gasteiger partial charge in [0.2, 0.25) is 11.8 Å². The smallest absolute Gasteiger partial charge is 0.345 e. The molecule has 29 heavy (non-hydrogen) atoms. The van der Waals surface area contributed by atoms with Gasteiger partial charge in [0, 0.05) is 12.2 Å². The van der Waals surface area contributed by atoms with Crippen LogP contribution in [0.2, 0.25) is 0 Å². The number of carbonyl (C=O) groups is 1. The summed E-state index contributed by atoms with van der Waals surface area (Å²) in [5.74, 6) is 1.00. The van der Waals surface area contributed by atoms with E-state index in [4.69, 9.17) is 9.25 Å². The van der Waals surface area contributed by atoms with E-state index in [1.807, 2.05) is 42.2 Å². The van der Waals surface area contributed by atoms with Crippen molar-refractivity contribution in [3.63, 3.8) is 0 Å². The minimum Gasteiger partial charge on any atom is -0.421 e. The maximum atomic E-state index is 13.1. The number of fused-ring (bicyclic) bond motifs is 3. The summed E-state index contributed by atoms with van der Waals surface area (Å²) in [5, 5.41) is 13.1. The largest absolute Gasteiger partial charge is 0.421 e. The first-order valence-electron chi connectivity index (χ1n) is 10.0. The molecule has 2 aliphatic heterocycles. The number of hydroxylamine groups is 2. The van der Waals surface area contributed by atoms with Gasteiger partial charge in [0.05, 0.1) is 12.6 Å². The number of hydrogen-bond donors (Lipinski definition) is 1. The molecule has 1 N–H and O–H groups in total. The van der Waals surface area contributed by atoms with Gasteiger partial charge in [-0.25, -0.2) is 4.79 Å². The normalized spacial score (nSPS) is 24.2. The van der Waals surface area contributed by atoms with Crippen molar-refractivity contribution < 1.29 is 14.0 Å². The molecule has 152 valence electrons. The predicted molar refractivity (Wildman–Crippen MR) is 104 cm³/mol. The van der Waals surface area contributed by atoms with Crippen molar-refractivity contribution in [2.45, 2.75) is 51.4 Å². The molecule has 3 fully saturated rings. The highest BCUT2D eigenvalue weighted by atomic mass is 16.7. The standard InChI is InChI=1S/C21H25N5O3/c1-14(2)22-11-18-23-24-19(29-18)16-10-21(8-9-21)17-12-25(16)20(27)26(17)28-13-15-6-4-3-5-7-15/h3-7,16-17,22H,1,8-13H2,2H3/t16-,17-/m0/s1. The molecule has 2 aromatic rings. The summed E-state index contributed by atoms with van der Waals surface area (Å²) in [7, 11) is 0.